The largest absolute Gasteiger partial charge is 0.491 e. The number of nitrogens with zero attached hydrogens (tertiary/aromatic N) is 2. The van der Waals surface area contributed by atoms with Crippen LogP contribution in [0.25, 0.3) is 0 Å². The van der Waals surface area contributed by atoms with Gasteiger partial charge in [0.25, 0.3) is 0 Å². The molecular weight excluding hydrogens is 462 g/mol. The molecule has 2 atom stereocenters. The van der Waals surface area contributed by atoms with Crippen LogP contribution in [0.3, 0.4) is 0 Å². The van der Waals surface area contributed by atoms with Gasteiger partial charge in [-0.25, -0.2) is 0 Å². The van der Waals surface area contributed by atoms with Crippen molar-refractivity contribution in [1.82, 2.24) is 0 Å². The lowest BCUT2D eigenvalue weighted by atomic mass is 9.84. The molecule has 198 valence electrons. The van der Waals surface area contributed by atoms with Crippen molar-refractivity contribution in [2.24, 2.45) is 16.4 Å². The Bertz CT molecular complexity index is 1110. The van der Waals surface area contributed by atoms with Crippen LogP contribution in [-0.4, -0.2) is 24.4 Å². The van der Waals surface area contributed by atoms with Gasteiger partial charge in [0.15, 0.2) is 11.4 Å². The molecule has 6 nitrogen and oxygen atoms in total. The zero-order valence-corrected chi connectivity index (χ0v) is 22.9. The lowest BCUT2D eigenvalue weighted by Gasteiger charge is -2.29. The average Bonchev–Trinajstić information content (AvgIpc) is 2.87. The van der Waals surface area contributed by atoms with Crippen molar-refractivity contribution in [3.05, 3.63) is 78.4 Å². The lowest BCUT2D eigenvalue weighted by Crippen LogP contribution is -2.30. The SMILES string of the molecule is CC(CCOc1cc(N(CC(C)Oc2ccc(CO)cc2)c2ccccc2)ccc1N=[NH2+])CC(C)(C)C. The summed E-state index contributed by atoms with van der Waals surface area (Å²) in [6.45, 7) is 12.4. The molecule has 37 heavy (non-hydrogen) atoms. The zero-order valence-electron chi connectivity index (χ0n) is 22.9. The maximum absolute atomic E-state index is 9.29. The van der Waals surface area contributed by atoms with Gasteiger partial charge in [-0.15, -0.1) is 0 Å². The summed E-state index contributed by atoms with van der Waals surface area (Å²) >= 11 is 0. The number of hydrogen-bond acceptors (Lipinski definition) is 5. The molecule has 0 fully saturated rings. The first-order valence-electron chi connectivity index (χ1n) is 13.1. The van der Waals surface area contributed by atoms with E-state index in [0.717, 1.165) is 35.5 Å². The Kier molecular flexibility index (Phi) is 10.1. The van der Waals surface area contributed by atoms with E-state index in [-0.39, 0.29) is 12.7 Å². The lowest BCUT2D eigenvalue weighted by molar-refractivity contribution is -0.210. The molecule has 3 aromatic carbocycles. The first-order valence-corrected chi connectivity index (χ1v) is 13.1. The number of anilines is 2. The van der Waals surface area contributed by atoms with E-state index in [2.05, 4.69) is 49.8 Å². The number of para-hydroxylation sites is 1. The van der Waals surface area contributed by atoms with Gasteiger partial charge in [0.1, 0.15) is 11.9 Å². The fraction of sp³-hybridized carbons (Fsp3) is 0.419. The molecule has 3 aromatic rings. The number of aliphatic hydroxyl groups excluding tert-OH is 1. The Hall–Kier alpha value is -3.38. The second-order valence-corrected chi connectivity index (χ2v) is 11.0. The molecule has 0 aromatic heterocycles. The predicted molar refractivity (Wildman–Crippen MR) is 150 cm³/mol. The van der Waals surface area contributed by atoms with Gasteiger partial charge in [-0.2, -0.15) is 5.53 Å². The fourth-order valence-corrected chi connectivity index (χ4v) is 4.58. The molecule has 0 spiro atoms. The highest BCUT2D eigenvalue weighted by atomic mass is 16.5. The molecule has 0 aliphatic rings. The van der Waals surface area contributed by atoms with Gasteiger partial charge in [0.05, 0.1) is 19.8 Å². The Morgan fingerprint density at radius 1 is 0.946 bits per heavy atom. The average molecular weight is 505 g/mol. The number of benzene rings is 3. The summed E-state index contributed by atoms with van der Waals surface area (Å²) in [7, 11) is 0. The number of ether oxygens (including phenoxy) is 2. The van der Waals surface area contributed by atoms with Crippen LogP contribution >= 0.6 is 0 Å². The minimum Gasteiger partial charge on any atom is -0.491 e. The van der Waals surface area contributed by atoms with E-state index in [1.807, 2.05) is 67.6 Å². The summed E-state index contributed by atoms with van der Waals surface area (Å²) in [5.41, 5.74) is 9.50. The van der Waals surface area contributed by atoms with E-state index in [4.69, 9.17) is 15.0 Å². The number of rotatable bonds is 13. The van der Waals surface area contributed by atoms with Crippen molar-refractivity contribution in [3.8, 4) is 11.5 Å². The molecule has 0 aliphatic heterocycles. The third-order valence-electron chi connectivity index (χ3n) is 6.17. The van der Waals surface area contributed by atoms with Crippen molar-refractivity contribution >= 4 is 17.1 Å². The van der Waals surface area contributed by atoms with E-state index in [1.54, 1.807) is 0 Å². The van der Waals surface area contributed by atoms with E-state index in [1.165, 1.54) is 0 Å². The predicted octanol–water partition coefficient (Wildman–Crippen LogP) is 6.47. The minimum atomic E-state index is -0.110. The van der Waals surface area contributed by atoms with E-state index in [9.17, 15) is 5.11 Å². The molecule has 0 radical (unpaired) electrons. The zero-order chi connectivity index (χ0) is 26.8. The van der Waals surface area contributed by atoms with Crippen molar-refractivity contribution < 1.29 is 20.1 Å². The molecule has 0 heterocycles. The van der Waals surface area contributed by atoms with Gasteiger partial charge < -0.3 is 19.5 Å². The van der Waals surface area contributed by atoms with Crippen molar-refractivity contribution in [2.75, 3.05) is 18.1 Å². The molecule has 0 saturated heterocycles. The number of aliphatic hydroxyl groups is 1. The molecule has 2 unspecified atom stereocenters. The van der Waals surface area contributed by atoms with Crippen molar-refractivity contribution in [3.63, 3.8) is 0 Å². The third-order valence-corrected chi connectivity index (χ3v) is 6.17. The highest BCUT2D eigenvalue weighted by Crippen LogP contribution is 2.35. The fourth-order valence-electron chi connectivity index (χ4n) is 4.58. The van der Waals surface area contributed by atoms with Gasteiger partial charge in [-0.05, 0) is 78.2 Å². The smallest absolute Gasteiger partial charge is 0.171 e. The summed E-state index contributed by atoms with van der Waals surface area (Å²) in [6.07, 6.45) is 2.00. The molecular formula is C31H42N3O3+. The van der Waals surface area contributed by atoms with E-state index >= 15 is 0 Å². The molecule has 6 heteroatoms. The molecule has 0 saturated carbocycles. The third kappa shape index (κ3) is 8.90. The molecule has 0 amide bonds. The maximum atomic E-state index is 9.29. The van der Waals surface area contributed by atoms with Crippen LogP contribution in [0, 0.1) is 11.3 Å². The first kappa shape index (κ1) is 28.2. The molecule has 3 N–H and O–H groups in total. The monoisotopic (exact) mass is 504 g/mol. The van der Waals surface area contributed by atoms with Gasteiger partial charge >= 0.3 is 0 Å². The molecule has 3 rings (SSSR count). The van der Waals surface area contributed by atoms with Crippen LogP contribution in [0.15, 0.2) is 77.9 Å². The second kappa shape index (κ2) is 13.2. The van der Waals surface area contributed by atoms with Crippen LogP contribution in [0.1, 0.15) is 53.0 Å². The topological polar surface area (TPSA) is 79.9 Å². The standard InChI is InChI=1S/C31H41N3O3/c1-23(20-31(3,4)5)17-18-36-30-19-27(13-16-29(30)33-32)34(26-9-7-6-8-10-26)21-24(2)37-28-14-11-25(22-35)12-15-28/h6-16,19,23-24,32,35H,17-18,20-22H2,1-5H3/p+1. The first-order chi connectivity index (χ1) is 17.7. The van der Waals surface area contributed by atoms with Crippen molar-refractivity contribution in [2.45, 2.75) is 60.2 Å². The van der Waals surface area contributed by atoms with E-state index < -0.39 is 0 Å². The Balaban J connectivity index is 1.78. The Labute approximate surface area is 221 Å². The number of nitrogens with two attached hydrogens (primary N) is 1. The van der Waals surface area contributed by atoms with Crippen molar-refractivity contribution in [1.29, 1.82) is 0 Å². The molecule has 0 aliphatic carbocycles. The molecule has 0 bridgehead atoms. The summed E-state index contributed by atoms with van der Waals surface area (Å²) in [6, 6.07) is 23.7. The van der Waals surface area contributed by atoms with E-state index in [0.29, 0.717) is 35.9 Å². The van der Waals surface area contributed by atoms with Crippen LogP contribution < -0.4 is 19.9 Å². The Morgan fingerprint density at radius 3 is 2.27 bits per heavy atom. The van der Waals surface area contributed by atoms with Gasteiger partial charge in [-0.1, -0.05) is 58.0 Å². The maximum Gasteiger partial charge on any atom is 0.171 e. The highest BCUT2D eigenvalue weighted by Gasteiger charge is 2.19. The van der Waals surface area contributed by atoms with Crippen LogP contribution in [-0.2, 0) is 6.61 Å². The van der Waals surface area contributed by atoms with Gasteiger partial charge in [0, 0.05) is 17.4 Å². The van der Waals surface area contributed by atoms with Crippen LogP contribution in [0.5, 0.6) is 11.5 Å². The quantitative estimate of drug-likeness (QED) is 0.262. The van der Waals surface area contributed by atoms with Gasteiger partial charge in [-0.3, -0.25) is 0 Å². The normalized spacial score (nSPS) is 13.0. The number of hydrogen-bond donors (Lipinski definition) is 2. The van der Waals surface area contributed by atoms with Crippen LogP contribution in [0.4, 0.5) is 17.1 Å². The summed E-state index contributed by atoms with van der Waals surface area (Å²) in [4.78, 5) is 2.21. The second-order valence-electron chi connectivity index (χ2n) is 11.0. The summed E-state index contributed by atoms with van der Waals surface area (Å²) in [5, 5.41) is 13.2. The minimum absolute atomic E-state index is 0.0165. The summed E-state index contributed by atoms with van der Waals surface area (Å²) < 4.78 is 12.4. The highest BCUT2D eigenvalue weighted by molar-refractivity contribution is 5.68. The van der Waals surface area contributed by atoms with Crippen LogP contribution in [0.2, 0.25) is 0 Å². The summed E-state index contributed by atoms with van der Waals surface area (Å²) in [5.74, 6) is 2.01. The van der Waals surface area contributed by atoms with Gasteiger partial charge in [0.2, 0.25) is 0 Å². The Morgan fingerprint density at radius 2 is 1.65 bits per heavy atom.